The van der Waals surface area contributed by atoms with Gasteiger partial charge in [-0.15, -0.1) is 0 Å². The van der Waals surface area contributed by atoms with Crippen LogP contribution in [0.1, 0.15) is 12.0 Å². The second-order valence-corrected chi connectivity index (χ2v) is 6.57. The monoisotopic (exact) mass is 362 g/mol. The summed E-state index contributed by atoms with van der Waals surface area (Å²) in [5.41, 5.74) is 2.75. The predicted molar refractivity (Wildman–Crippen MR) is 105 cm³/mol. The van der Waals surface area contributed by atoms with E-state index >= 15 is 0 Å². The fourth-order valence-corrected chi connectivity index (χ4v) is 3.51. The third-order valence-electron chi connectivity index (χ3n) is 4.90. The average molecular weight is 362 g/mol. The van der Waals surface area contributed by atoms with E-state index in [4.69, 9.17) is 9.72 Å². The first-order valence-corrected chi connectivity index (χ1v) is 9.15. The van der Waals surface area contributed by atoms with Crippen LogP contribution in [-0.2, 0) is 13.0 Å². The molecule has 2 aromatic heterocycles. The van der Waals surface area contributed by atoms with Crippen LogP contribution in [0.15, 0.2) is 59.7 Å². The standard InChI is InChI=1S/C21H22N4O2/c1-27-19-6-3-2-5-17(19)9-14-24-12-4-13-25-20(26)15-18(23-21(24)25)16-7-10-22-11-8-16/h2-3,5-8,10-11,15H,4,9,12-14H2,1H3. The Kier molecular flexibility index (Phi) is 4.87. The number of hydrogen-bond acceptors (Lipinski definition) is 5. The largest absolute Gasteiger partial charge is 0.496 e. The number of methoxy groups -OCH3 is 1. The molecule has 1 aromatic carbocycles. The fraction of sp³-hybridized carbons (Fsp3) is 0.286. The van der Waals surface area contributed by atoms with Gasteiger partial charge >= 0.3 is 0 Å². The number of rotatable bonds is 5. The van der Waals surface area contributed by atoms with E-state index < -0.39 is 0 Å². The van der Waals surface area contributed by atoms with E-state index in [0.29, 0.717) is 12.2 Å². The minimum Gasteiger partial charge on any atom is -0.496 e. The van der Waals surface area contributed by atoms with Crippen molar-refractivity contribution in [1.82, 2.24) is 14.5 Å². The highest BCUT2D eigenvalue weighted by molar-refractivity contribution is 5.59. The quantitative estimate of drug-likeness (QED) is 0.698. The topological polar surface area (TPSA) is 60.2 Å². The van der Waals surface area contributed by atoms with Crippen LogP contribution in [0.2, 0.25) is 0 Å². The van der Waals surface area contributed by atoms with Crippen molar-refractivity contribution in [3.8, 4) is 17.0 Å². The minimum absolute atomic E-state index is 0.00574. The highest BCUT2D eigenvalue weighted by atomic mass is 16.5. The second kappa shape index (κ2) is 7.61. The van der Waals surface area contributed by atoms with Gasteiger partial charge in [0.2, 0.25) is 5.95 Å². The number of para-hydroxylation sites is 1. The van der Waals surface area contributed by atoms with Crippen LogP contribution < -0.4 is 15.2 Å². The third-order valence-corrected chi connectivity index (χ3v) is 4.90. The van der Waals surface area contributed by atoms with Crippen molar-refractivity contribution in [1.29, 1.82) is 0 Å². The first-order chi connectivity index (χ1) is 13.3. The van der Waals surface area contributed by atoms with E-state index in [-0.39, 0.29) is 5.56 Å². The molecule has 4 rings (SSSR count). The molecule has 0 saturated carbocycles. The average Bonchev–Trinajstić information content (AvgIpc) is 2.73. The molecule has 138 valence electrons. The fourth-order valence-electron chi connectivity index (χ4n) is 3.51. The van der Waals surface area contributed by atoms with Gasteiger partial charge in [-0.3, -0.25) is 14.3 Å². The number of nitrogens with zero attached hydrogens (tertiary/aromatic N) is 4. The van der Waals surface area contributed by atoms with Crippen molar-refractivity contribution in [2.45, 2.75) is 19.4 Å². The van der Waals surface area contributed by atoms with Crippen LogP contribution in [0.25, 0.3) is 11.3 Å². The van der Waals surface area contributed by atoms with Crippen LogP contribution in [0.3, 0.4) is 0 Å². The number of anilines is 1. The van der Waals surface area contributed by atoms with Gasteiger partial charge in [0.1, 0.15) is 5.75 Å². The highest BCUT2D eigenvalue weighted by Crippen LogP contribution is 2.23. The number of ether oxygens (including phenoxy) is 1. The number of benzene rings is 1. The summed E-state index contributed by atoms with van der Waals surface area (Å²) in [4.78, 5) is 23.7. The molecule has 3 heterocycles. The van der Waals surface area contributed by atoms with Crippen LogP contribution in [0.5, 0.6) is 5.75 Å². The maximum Gasteiger partial charge on any atom is 0.255 e. The molecule has 1 aliphatic heterocycles. The van der Waals surface area contributed by atoms with Gasteiger partial charge < -0.3 is 9.64 Å². The second-order valence-electron chi connectivity index (χ2n) is 6.57. The summed E-state index contributed by atoms with van der Waals surface area (Å²) in [5.74, 6) is 1.64. The molecule has 1 aliphatic rings. The highest BCUT2D eigenvalue weighted by Gasteiger charge is 2.21. The van der Waals surface area contributed by atoms with Crippen molar-refractivity contribution >= 4 is 5.95 Å². The summed E-state index contributed by atoms with van der Waals surface area (Å²) in [6.07, 6.45) is 5.20. The zero-order valence-electron chi connectivity index (χ0n) is 15.3. The molecule has 6 nitrogen and oxygen atoms in total. The molecule has 0 atom stereocenters. The molecule has 0 aliphatic carbocycles. The molecule has 0 amide bonds. The first-order valence-electron chi connectivity index (χ1n) is 9.15. The molecular formula is C21H22N4O2. The predicted octanol–water partition coefficient (Wildman–Crippen LogP) is 2.77. The molecule has 0 saturated heterocycles. The SMILES string of the molecule is COc1ccccc1CCN1CCCn2c1nc(-c1ccncc1)cc2=O. The van der Waals surface area contributed by atoms with Crippen molar-refractivity contribution in [3.05, 3.63) is 70.8 Å². The number of fused-ring (bicyclic) bond motifs is 1. The Morgan fingerprint density at radius 3 is 2.74 bits per heavy atom. The Morgan fingerprint density at radius 2 is 1.93 bits per heavy atom. The molecule has 0 bridgehead atoms. The lowest BCUT2D eigenvalue weighted by Crippen LogP contribution is -2.39. The molecule has 0 N–H and O–H groups in total. The van der Waals surface area contributed by atoms with Gasteiger partial charge in [-0.25, -0.2) is 4.98 Å². The zero-order valence-corrected chi connectivity index (χ0v) is 15.3. The molecular weight excluding hydrogens is 340 g/mol. The van der Waals surface area contributed by atoms with Crippen LogP contribution in [-0.4, -0.2) is 34.7 Å². The van der Waals surface area contributed by atoms with Crippen LogP contribution in [0.4, 0.5) is 5.95 Å². The first kappa shape index (κ1) is 17.3. The normalized spacial score (nSPS) is 13.3. The summed E-state index contributed by atoms with van der Waals surface area (Å²) in [7, 11) is 1.69. The van der Waals surface area contributed by atoms with Crippen molar-refractivity contribution in [2.75, 3.05) is 25.1 Å². The summed E-state index contributed by atoms with van der Waals surface area (Å²) in [6, 6.07) is 13.4. The molecule has 0 radical (unpaired) electrons. The summed E-state index contributed by atoms with van der Waals surface area (Å²) < 4.78 is 7.23. The van der Waals surface area contributed by atoms with Gasteiger partial charge in [0.25, 0.3) is 5.56 Å². The van der Waals surface area contributed by atoms with E-state index in [2.05, 4.69) is 16.0 Å². The van der Waals surface area contributed by atoms with E-state index in [9.17, 15) is 4.79 Å². The summed E-state index contributed by atoms with van der Waals surface area (Å²) >= 11 is 0. The minimum atomic E-state index is -0.00574. The van der Waals surface area contributed by atoms with Gasteiger partial charge in [-0.05, 0) is 36.6 Å². The van der Waals surface area contributed by atoms with E-state index in [1.54, 1.807) is 30.1 Å². The lowest BCUT2D eigenvalue weighted by atomic mass is 10.1. The molecule has 6 heteroatoms. The zero-order chi connectivity index (χ0) is 18.6. The van der Waals surface area contributed by atoms with Gasteiger partial charge in [0, 0.05) is 43.7 Å². The third kappa shape index (κ3) is 3.56. The Bertz CT molecular complexity index is 985. The van der Waals surface area contributed by atoms with E-state index in [1.807, 2.05) is 30.3 Å². The Morgan fingerprint density at radius 1 is 1.11 bits per heavy atom. The summed E-state index contributed by atoms with van der Waals surface area (Å²) in [5, 5.41) is 0. The molecule has 0 unspecified atom stereocenters. The maximum absolute atomic E-state index is 12.6. The smallest absolute Gasteiger partial charge is 0.255 e. The summed E-state index contributed by atoms with van der Waals surface area (Å²) in [6.45, 7) is 2.39. The van der Waals surface area contributed by atoms with Gasteiger partial charge in [0.15, 0.2) is 0 Å². The molecule has 27 heavy (non-hydrogen) atoms. The Labute approximate surface area is 158 Å². The van der Waals surface area contributed by atoms with Crippen molar-refractivity contribution < 1.29 is 4.74 Å². The van der Waals surface area contributed by atoms with Gasteiger partial charge in [0.05, 0.1) is 12.8 Å². The number of aromatic nitrogens is 3. The lowest BCUT2D eigenvalue weighted by molar-refractivity contribution is 0.409. The number of hydrogen-bond donors (Lipinski definition) is 0. The van der Waals surface area contributed by atoms with E-state index in [1.165, 1.54) is 0 Å². The Balaban J connectivity index is 1.64. The molecule has 0 spiro atoms. The number of pyridine rings is 1. The Hall–Kier alpha value is -3.15. The van der Waals surface area contributed by atoms with Crippen molar-refractivity contribution in [3.63, 3.8) is 0 Å². The molecule has 3 aromatic rings. The lowest BCUT2D eigenvalue weighted by Gasteiger charge is -2.31. The van der Waals surface area contributed by atoms with Gasteiger partial charge in [-0.1, -0.05) is 18.2 Å². The molecule has 0 fully saturated rings. The van der Waals surface area contributed by atoms with Crippen LogP contribution >= 0.6 is 0 Å². The van der Waals surface area contributed by atoms with Crippen LogP contribution in [0, 0.1) is 0 Å². The van der Waals surface area contributed by atoms with Gasteiger partial charge in [-0.2, -0.15) is 0 Å². The van der Waals surface area contributed by atoms with Crippen molar-refractivity contribution in [2.24, 2.45) is 0 Å². The maximum atomic E-state index is 12.6. The van der Waals surface area contributed by atoms with E-state index in [0.717, 1.165) is 48.8 Å².